The highest BCUT2D eigenvalue weighted by Crippen LogP contribution is 2.28. The Hall–Kier alpha value is -4.17. The number of aryl methyl sites for hydroxylation is 1. The molecular formula is C25H19N3O2. The van der Waals surface area contributed by atoms with Gasteiger partial charge in [-0.3, -0.25) is 10.1 Å². The zero-order valence-electron chi connectivity index (χ0n) is 16.4. The van der Waals surface area contributed by atoms with Crippen LogP contribution in [0.15, 0.2) is 79.0 Å². The molecule has 0 atom stereocenters. The average molecular weight is 393 g/mol. The van der Waals surface area contributed by atoms with Gasteiger partial charge in [0.2, 0.25) is 0 Å². The maximum Gasteiger partial charge on any atom is 0.270 e. The highest BCUT2D eigenvalue weighted by molar-refractivity contribution is 5.98. The topological polar surface area (TPSA) is 71.9 Å². The monoisotopic (exact) mass is 393 g/mol. The standard InChI is InChI=1S/C25H19N3O2/c1-18-6-4-7-19(12-18)16-27-17-22(24-10-2-3-11-25(24)27)13-21(15-26)20-8-5-9-23(14-20)28(29)30/h2-14,17H,16H2,1H3/b21-13-. The van der Waals surface area contributed by atoms with Crippen molar-refractivity contribution < 1.29 is 4.92 Å². The fourth-order valence-corrected chi connectivity index (χ4v) is 3.65. The molecule has 0 aliphatic carbocycles. The summed E-state index contributed by atoms with van der Waals surface area (Å²) in [6, 6.07) is 24.8. The maximum atomic E-state index is 11.1. The van der Waals surface area contributed by atoms with Crippen molar-refractivity contribution in [3.05, 3.63) is 111 Å². The van der Waals surface area contributed by atoms with E-state index < -0.39 is 4.92 Å². The van der Waals surface area contributed by atoms with E-state index in [4.69, 9.17) is 0 Å². The smallest absolute Gasteiger partial charge is 0.270 e. The summed E-state index contributed by atoms with van der Waals surface area (Å²) in [6.45, 7) is 2.79. The third kappa shape index (κ3) is 3.85. The fourth-order valence-electron chi connectivity index (χ4n) is 3.65. The van der Waals surface area contributed by atoms with Gasteiger partial charge in [-0.25, -0.2) is 0 Å². The minimum atomic E-state index is -0.452. The van der Waals surface area contributed by atoms with E-state index in [9.17, 15) is 15.4 Å². The van der Waals surface area contributed by atoms with Crippen molar-refractivity contribution in [1.29, 1.82) is 5.26 Å². The van der Waals surface area contributed by atoms with Crippen LogP contribution in [-0.2, 0) is 6.54 Å². The van der Waals surface area contributed by atoms with Gasteiger partial charge >= 0.3 is 0 Å². The molecule has 0 amide bonds. The first-order chi connectivity index (χ1) is 14.5. The number of nitro benzene ring substituents is 1. The lowest BCUT2D eigenvalue weighted by Gasteiger charge is -2.06. The third-order valence-corrected chi connectivity index (χ3v) is 5.04. The van der Waals surface area contributed by atoms with Crippen LogP contribution in [0, 0.1) is 28.4 Å². The summed E-state index contributed by atoms with van der Waals surface area (Å²) < 4.78 is 2.17. The van der Waals surface area contributed by atoms with Crippen LogP contribution >= 0.6 is 0 Å². The molecule has 5 nitrogen and oxygen atoms in total. The predicted octanol–water partition coefficient (Wildman–Crippen LogP) is 5.97. The van der Waals surface area contributed by atoms with Crippen molar-refractivity contribution in [2.45, 2.75) is 13.5 Å². The molecule has 0 aliphatic rings. The Morgan fingerprint density at radius 3 is 2.67 bits per heavy atom. The van der Waals surface area contributed by atoms with E-state index in [1.165, 1.54) is 23.3 Å². The number of rotatable bonds is 5. The molecule has 0 bridgehead atoms. The molecule has 0 N–H and O–H groups in total. The van der Waals surface area contributed by atoms with Crippen LogP contribution in [0.2, 0.25) is 0 Å². The van der Waals surface area contributed by atoms with Crippen molar-refractivity contribution >= 4 is 28.2 Å². The summed E-state index contributed by atoms with van der Waals surface area (Å²) in [7, 11) is 0. The van der Waals surface area contributed by atoms with E-state index in [2.05, 4.69) is 41.8 Å². The minimum Gasteiger partial charge on any atom is -0.342 e. The molecule has 4 aromatic rings. The molecule has 30 heavy (non-hydrogen) atoms. The second-order valence-electron chi connectivity index (χ2n) is 7.20. The van der Waals surface area contributed by atoms with E-state index >= 15 is 0 Å². The van der Waals surface area contributed by atoms with Gasteiger partial charge in [0.1, 0.15) is 0 Å². The number of non-ortho nitro benzene ring substituents is 1. The Morgan fingerprint density at radius 2 is 1.90 bits per heavy atom. The first-order valence-corrected chi connectivity index (χ1v) is 9.55. The highest BCUT2D eigenvalue weighted by Gasteiger charge is 2.12. The summed E-state index contributed by atoms with van der Waals surface area (Å²) in [5.41, 5.74) is 5.27. The van der Waals surface area contributed by atoms with Crippen molar-refractivity contribution in [1.82, 2.24) is 4.57 Å². The van der Waals surface area contributed by atoms with Gasteiger partial charge in [0.25, 0.3) is 5.69 Å². The number of para-hydroxylation sites is 1. The van der Waals surface area contributed by atoms with Crippen LogP contribution in [0.5, 0.6) is 0 Å². The molecule has 0 saturated heterocycles. The number of benzene rings is 3. The van der Waals surface area contributed by atoms with Gasteiger partial charge in [0.15, 0.2) is 0 Å². The highest BCUT2D eigenvalue weighted by atomic mass is 16.6. The summed E-state index contributed by atoms with van der Waals surface area (Å²) in [5.74, 6) is 0. The average Bonchev–Trinajstić information content (AvgIpc) is 3.09. The molecule has 3 aromatic carbocycles. The molecule has 0 radical (unpaired) electrons. The lowest BCUT2D eigenvalue weighted by Crippen LogP contribution is -1.97. The van der Waals surface area contributed by atoms with Crippen molar-refractivity contribution in [2.24, 2.45) is 0 Å². The number of allylic oxidation sites excluding steroid dienone is 1. The molecule has 0 saturated carbocycles. The number of hydrogen-bond acceptors (Lipinski definition) is 3. The largest absolute Gasteiger partial charge is 0.342 e. The van der Waals surface area contributed by atoms with Crippen LogP contribution < -0.4 is 0 Å². The second-order valence-corrected chi connectivity index (χ2v) is 7.20. The van der Waals surface area contributed by atoms with E-state index in [0.717, 1.165) is 16.5 Å². The fraction of sp³-hybridized carbons (Fsp3) is 0.0800. The molecule has 1 aromatic heterocycles. The SMILES string of the molecule is Cc1cccc(Cn2cc(/C=C(/C#N)c3cccc([N+](=O)[O-])c3)c3ccccc32)c1. The molecule has 5 heteroatoms. The normalized spacial score (nSPS) is 11.4. The first kappa shape index (κ1) is 19.2. The van der Waals surface area contributed by atoms with Crippen LogP contribution in [-0.4, -0.2) is 9.49 Å². The summed E-state index contributed by atoms with van der Waals surface area (Å²) in [4.78, 5) is 10.6. The Balaban J connectivity index is 1.80. The van der Waals surface area contributed by atoms with E-state index in [1.807, 2.05) is 30.5 Å². The van der Waals surface area contributed by atoms with Crippen LogP contribution in [0.4, 0.5) is 5.69 Å². The Morgan fingerprint density at radius 1 is 1.10 bits per heavy atom. The Kier molecular flexibility index (Phi) is 5.15. The molecule has 0 unspecified atom stereocenters. The third-order valence-electron chi connectivity index (χ3n) is 5.04. The number of nitro groups is 1. The van der Waals surface area contributed by atoms with E-state index in [0.29, 0.717) is 17.7 Å². The predicted molar refractivity (Wildman–Crippen MR) is 119 cm³/mol. The number of nitriles is 1. The summed E-state index contributed by atoms with van der Waals surface area (Å²) in [6.07, 6.45) is 3.83. The van der Waals surface area contributed by atoms with Gasteiger partial charge in [-0.2, -0.15) is 5.26 Å². The van der Waals surface area contributed by atoms with Gasteiger partial charge in [-0.05, 0) is 30.2 Å². The quantitative estimate of drug-likeness (QED) is 0.238. The van der Waals surface area contributed by atoms with Gasteiger partial charge < -0.3 is 4.57 Å². The lowest BCUT2D eigenvalue weighted by molar-refractivity contribution is -0.384. The molecule has 4 rings (SSSR count). The molecule has 0 fully saturated rings. The number of nitrogens with zero attached hydrogens (tertiary/aromatic N) is 3. The lowest BCUT2D eigenvalue weighted by atomic mass is 10.0. The molecule has 0 aliphatic heterocycles. The zero-order chi connectivity index (χ0) is 21.1. The van der Waals surface area contributed by atoms with E-state index in [1.54, 1.807) is 18.2 Å². The summed E-state index contributed by atoms with van der Waals surface area (Å²) >= 11 is 0. The Bertz CT molecular complexity index is 1330. The molecule has 1 heterocycles. The second kappa shape index (κ2) is 8.06. The first-order valence-electron chi connectivity index (χ1n) is 9.55. The van der Waals surface area contributed by atoms with Crippen LogP contribution in [0.25, 0.3) is 22.6 Å². The van der Waals surface area contributed by atoms with Gasteiger partial charge in [-0.1, -0.05) is 60.2 Å². The zero-order valence-corrected chi connectivity index (χ0v) is 16.4. The van der Waals surface area contributed by atoms with Crippen molar-refractivity contribution in [3.63, 3.8) is 0 Å². The maximum absolute atomic E-state index is 11.1. The van der Waals surface area contributed by atoms with Crippen molar-refractivity contribution in [3.8, 4) is 6.07 Å². The van der Waals surface area contributed by atoms with Gasteiger partial charge in [0, 0.05) is 41.3 Å². The number of hydrogen-bond donors (Lipinski definition) is 0. The molecule has 146 valence electrons. The minimum absolute atomic E-state index is 0.0319. The van der Waals surface area contributed by atoms with Crippen LogP contribution in [0.1, 0.15) is 22.3 Å². The number of aromatic nitrogens is 1. The van der Waals surface area contributed by atoms with Crippen molar-refractivity contribution in [2.75, 3.05) is 0 Å². The number of fused-ring (bicyclic) bond motifs is 1. The van der Waals surface area contributed by atoms with Crippen LogP contribution in [0.3, 0.4) is 0 Å². The molecule has 0 spiro atoms. The summed E-state index contributed by atoms with van der Waals surface area (Å²) in [5, 5.41) is 21.8. The Labute approximate surface area is 174 Å². The molecular weight excluding hydrogens is 374 g/mol. The van der Waals surface area contributed by atoms with E-state index in [-0.39, 0.29) is 5.69 Å². The van der Waals surface area contributed by atoms with Gasteiger partial charge in [-0.15, -0.1) is 0 Å². The van der Waals surface area contributed by atoms with Gasteiger partial charge in [0.05, 0.1) is 16.6 Å².